The van der Waals surface area contributed by atoms with Gasteiger partial charge in [-0.15, -0.1) is 0 Å². The molecule has 1 aliphatic carbocycles. The number of nitrogens with two attached hydrogens (primary N) is 1. The Balaban J connectivity index is 2.25. The summed E-state index contributed by atoms with van der Waals surface area (Å²) < 4.78 is 0. The van der Waals surface area contributed by atoms with Crippen molar-refractivity contribution in [2.45, 2.75) is 17.9 Å². The maximum atomic E-state index is 9.51. The maximum Gasteiger partial charge on any atom is 0.119 e. The van der Waals surface area contributed by atoms with Gasteiger partial charge in [-0.3, -0.25) is 0 Å². The minimum Gasteiger partial charge on any atom is -0.508 e. The minimum absolute atomic E-state index is 0.0218. The smallest absolute Gasteiger partial charge is 0.119 e. The highest BCUT2D eigenvalue weighted by Gasteiger charge is 2.52. The first-order valence-corrected chi connectivity index (χ1v) is 4.35. The van der Waals surface area contributed by atoms with E-state index in [9.17, 15) is 5.11 Å². The SMILES string of the molecule is NC1(CO)CC1c1ccccc1O. The summed E-state index contributed by atoms with van der Waals surface area (Å²) in [6, 6.07) is 7.14. The first kappa shape index (κ1) is 8.53. The Bertz CT molecular complexity index is 326. The molecule has 1 aliphatic rings. The van der Waals surface area contributed by atoms with Crippen molar-refractivity contribution in [2.75, 3.05) is 6.61 Å². The van der Waals surface area contributed by atoms with E-state index in [0.29, 0.717) is 0 Å². The van der Waals surface area contributed by atoms with E-state index >= 15 is 0 Å². The molecular formula is C10H13NO2. The Morgan fingerprint density at radius 1 is 1.46 bits per heavy atom. The van der Waals surface area contributed by atoms with Gasteiger partial charge >= 0.3 is 0 Å². The summed E-state index contributed by atoms with van der Waals surface area (Å²) >= 11 is 0. The number of phenolic OH excluding ortho intramolecular Hbond substituents is 1. The van der Waals surface area contributed by atoms with Gasteiger partial charge in [0.1, 0.15) is 5.75 Å². The summed E-state index contributed by atoms with van der Waals surface area (Å²) in [4.78, 5) is 0. The van der Waals surface area contributed by atoms with Gasteiger partial charge in [0.15, 0.2) is 0 Å². The molecule has 1 aromatic rings. The van der Waals surface area contributed by atoms with E-state index in [4.69, 9.17) is 10.8 Å². The first-order valence-electron chi connectivity index (χ1n) is 4.35. The van der Waals surface area contributed by atoms with Crippen molar-refractivity contribution in [3.63, 3.8) is 0 Å². The van der Waals surface area contributed by atoms with E-state index in [-0.39, 0.29) is 18.3 Å². The van der Waals surface area contributed by atoms with Crippen molar-refractivity contribution in [1.29, 1.82) is 0 Å². The van der Waals surface area contributed by atoms with E-state index in [2.05, 4.69) is 0 Å². The number of hydrogen-bond acceptors (Lipinski definition) is 3. The normalized spacial score (nSPS) is 31.7. The molecule has 1 aromatic carbocycles. The van der Waals surface area contributed by atoms with Gasteiger partial charge in [-0.25, -0.2) is 0 Å². The predicted molar refractivity (Wildman–Crippen MR) is 49.5 cm³/mol. The van der Waals surface area contributed by atoms with Crippen LogP contribution in [0, 0.1) is 0 Å². The van der Waals surface area contributed by atoms with Gasteiger partial charge in [0.2, 0.25) is 0 Å². The number of hydrogen-bond donors (Lipinski definition) is 3. The number of phenols is 1. The van der Waals surface area contributed by atoms with Crippen LogP contribution in [-0.2, 0) is 0 Å². The van der Waals surface area contributed by atoms with E-state index in [1.807, 2.05) is 12.1 Å². The fourth-order valence-corrected chi connectivity index (χ4v) is 1.70. The highest BCUT2D eigenvalue weighted by Crippen LogP contribution is 2.51. The maximum absolute atomic E-state index is 9.51. The van der Waals surface area contributed by atoms with Gasteiger partial charge in [-0.2, -0.15) is 0 Å². The van der Waals surface area contributed by atoms with Crippen LogP contribution in [-0.4, -0.2) is 22.4 Å². The van der Waals surface area contributed by atoms with E-state index < -0.39 is 5.54 Å². The van der Waals surface area contributed by atoms with Crippen LogP contribution in [0.4, 0.5) is 0 Å². The zero-order chi connectivity index (χ0) is 9.47. The molecule has 0 radical (unpaired) electrons. The highest BCUT2D eigenvalue weighted by molar-refractivity contribution is 5.42. The third-order valence-corrected chi connectivity index (χ3v) is 2.72. The van der Waals surface area contributed by atoms with Gasteiger partial charge in [0.25, 0.3) is 0 Å². The second kappa shape index (κ2) is 2.72. The number of benzene rings is 1. The number of aromatic hydroxyl groups is 1. The fourth-order valence-electron chi connectivity index (χ4n) is 1.70. The molecule has 0 saturated heterocycles. The van der Waals surface area contributed by atoms with E-state index in [1.54, 1.807) is 12.1 Å². The van der Waals surface area contributed by atoms with Crippen LogP contribution < -0.4 is 5.73 Å². The lowest BCUT2D eigenvalue weighted by Crippen LogP contribution is -2.28. The van der Waals surface area contributed by atoms with E-state index in [0.717, 1.165) is 12.0 Å². The summed E-state index contributed by atoms with van der Waals surface area (Å²) in [7, 11) is 0. The first-order chi connectivity index (χ1) is 6.17. The molecule has 0 spiro atoms. The molecule has 13 heavy (non-hydrogen) atoms. The number of aliphatic hydroxyl groups excluding tert-OH is 1. The summed E-state index contributed by atoms with van der Waals surface area (Å²) in [6.45, 7) is -0.0218. The monoisotopic (exact) mass is 179 g/mol. The second-order valence-electron chi connectivity index (χ2n) is 3.71. The van der Waals surface area contributed by atoms with Crippen molar-refractivity contribution >= 4 is 0 Å². The molecule has 2 rings (SSSR count). The fraction of sp³-hybridized carbons (Fsp3) is 0.400. The molecule has 70 valence electrons. The van der Waals surface area contributed by atoms with Crippen LogP contribution in [0.15, 0.2) is 24.3 Å². The molecule has 0 aliphatic heterocycles. The number of aliphatic hydroxyl groups is 1. The lowest BCUT2D eigenvalue weighted by molar-refractivity contribution is 0.253. The third kappa shape index (κ3) is 1.30. The summed E-state index contributed by atoms with van der Waals surface area (Å²) in [5.74, 6) is 0.381. The van der Waals surface area contributed by atoms with Crippen LogP contribution >= 0.6 is 0 Å². The summed E-state index contributed by atoms with van der Waals surface area (Å²) in [5.41, 5.74) is 6.18. The highest BCUT2D eigenvalue weighted by atomic mass is 16.3. The Morgan fingerprint density at radius 3 is 2.69 bits per heavy atom. The Morgan fingerprint density at radius 2 is 2.15 bits per heavy atom. The summed E-state index contributed by atoms with van der Waals surface area (Å²) in [6.07, 6.45) is 0.751. The van der Waals surface area contributed by atoms with Crippen molar-refractivity contribution in [2.24, 2.45) is 5.73 Å². The average Bonchev–Trinajstić information content (AvgIpc) is 2.80. The molecule has 3 nitrogen and oxygen atoms in total. The van der Waals surface area contributed by atoms with Gasteiger partial charge in [0, 0.05) is 11.5 Å². The van der Waals surface area contributed by atoms with Crippen molar-refractivity contribution in [1.82, 2.24) is 0 Å². The Hall–Kier alpha value is -1.06. The molecule has 2 atom stereocenters. The number of para-hydroxylation sites is 1. The molecule has 4 N–H and O–H groups in total. The van der Waals surface area contributed by atoms with Gasteiger partial charge in [0.05, 0.1) is 6.61 Å². The standard InChI is InChI=1S/C10H13NO2/c11-10(6-12)5-8(10)7-3-1-2-4-9(7)13/h1-4,8,12-13H,5-6,11H2. The molecule has 1 fully saturated rings. The van der Waals surface area contributed by atoms with Crippen LogP contribution in [0.3, 0.4) is 0 Å². The molecule has 3 heteroatoms. The quantitative estimate of drug-likeness (QED) is 0.621. The second-order valence-corrected chi connectivity index (χ2v) is 3.71. The molecule has 0 aromatic heterocycles. The molecule has 1 saturated carbocycles. The third-order valence-electron chi connectivity index (χ3n) is 2.72. The topological polar surface area (TPSA) is 66.5 Å². The molecule has 0 bridgehead atoms. The lowest BCUT2D eigenvalue weighted by atomic mass is 10.1. The van der Waals surface area contributed by atoms with Crippen molar-refractivity contribution in [3.05, 3.63) is 29.8 Å². The Kier molecular flexibility index (Phi) is 1.78. The van der Waals surface area contributed by atoms with Gasteiger partial charge in [-0.05, 0) is 18.1 Å². The van der Waals surface area contributed by atoms with Crippen LogP contribution in [0.2, 0.25) is 0 Å². The minimum atomic E-state index is -0.501. The van der Waals surface area contributed by atoms with Crippen molar-refractivity contribution < 1.29 is 10.2 Å². The van der Waals surface area contributed by atoms with Gasteiger partial charge in [-0.1, -0.05) is 18.2 Å². The zero-order valence-electron chi connectivity index (χ0n) is 7.27. The Labute approximate surface area is 76.8 Å². The number of rotatable bonds is 2. The van der Waals surface area contributed by atoms with E-state index in [1.165, 1.54) is 0 Å². The average molecular weight is 179 g/mol. The lowest BCUT2D eigenvalue weighted by Gasteiger charge is -2.08. The molecular weight excluding hydrogens is 166 g/mol. The molecule has 2 unspecified atom stereocenters. The van der Waals surface area contributed by atoms with Crippen LogP contribution in [0.25, 0.3) is 0 Å². The van der Waals surface area contributed by atoms with Crippen LogP contribution in [0.1, 0.15) is 17.9 Å². The molecule has 0 amide bonds. The summed E-state index contributed by atoms with van der Waals surface area (Å²) in [5, 5.41) is 18.5. The molecule has 0 heterocycles. The zero-order valence-corrected chi connectivity index (χ0v) is 7.27. The predicted octanol–water partition coefficient (Wildman–Crippen LogP) is 0.569. The van der Waals surface area contributed by atoms with Gasteiger partial charge < -0.3 is 15.9 Å². The van der Waals surface area contributed by atoms with Crippen molar-refractivity contribution in [3.8, 4) is 5.75 Å². The largest absolute Gasteiger partial charge is 0.508 e. The van der Waals surface area contributed by atoms with Crippen LogP contribution in [0.5, 0.6) is 5.75 Å².